The molecule has 0 bridgehead atoms. The van der Waals surface area contributed by atoms with Gasteiger partial charge in [0.1, 0.15) is 12.2 Å². The molecule has 2 atom stereocenters. The van der Waals surface area contributed by atoms with Crippen molar-refractivity contribution in [1.29, 1.82) is 5.26 Å². The Hall–Kier alpha value is -2.95. The highest BCUT2D eigenvalue weighted by Gasteiger charge is 2.37. The molecule has 3 aromatic rings. The molecule has 1 aliphatic heterocycles. The molecule has 1 amide bonds. The summed E-state index contributed by atoms with van der Waals surface area (Å²) in [6, 6.07) is 3.90. The first kappa shape index (κ1) is 14.6. The summed E-state index contributed by atoms with van der Waals surface area (Å²) in [7, 11) is 0. The Bertz CT molecular complexity index is 950. The van der Waals surface area contributed by atoms with Crippen molar-refractivity contribution in [2.24, 2.45) is 5.92 Å². The van der Waals surface area contributed by atoms with E-state index in [9.17, 15) is 4.79 Å². The lowest BCUT2D eigenvalue weighted by Gasteiger charge is -2.14. The van der Waals surface area contributed by atoms with Gasteiger partial charge in [-0.05, 0) is 12.0 Å². The summed E-state index contributed by atoms with van der Waals surface area (Å²) >= 11 is 0. The van der Waals surface area contributed by atoms with Gasteiger partial charge < -0.3 is 9.88 Å². The summed E-state index contributed by atoms with van der Waals surface area (Å²) in [6.07, 6.45) is 4.41. The number of aromatic nitrogens is 5. The zero-order chi connectivity index (χ0) is 16.7. The Morgan fingerprint density at radius 3 is 3.12 bits per heavy atom. The van der Waals surface area contributed by atoms with Gasteiger partial charge in [0, 0.05) is 25.2 Å². The van der Waals surface area contributed by atoms with E-state index in [1.54, 1.807) is 11.1 Å². The van der Waals surface area contributed by atoms with E-state index >= 15 is 0 Å². The van der Waals surface area contributed by atoms with Crippen LogP contribution in [-0.4, -0.2) is 48.5 Å². The van der Waals surface area contributed by atoms with Crippen LogP contribution >= 0.6 is 0 Å². The van der Waals surface area contributed by atoms with Crippen molar-refractivity contribution in [2.75, 3.05) is 13.1 Å². The lowest BCUT2D eigenvalue weighted by Crippen LogP contribution is -2.28. The van der Waals surface area contributed by atoms with Crippen molar-refractivity contribution >= 4 is 22.7 Å². The molecule has 0 saturated carbocycles. The Morgan fingerprint density at radius 1 is 1.46 bits per heavy atom. The molecule has 0 aromatic carbocycles. The van der Waals surface area contributed by atoms with Crippen molar-refractivity contribution in [3.8, 4) is 6.07 Å². The van der Waals surface area contributed by atoms with E-state index in [-0.39, 0.29) is 18.2 Å². The fourth-order valence-corrected chi connectivity index (χ4v) is 3.60. The van der Waals surface area contributed by atoms with Gasteiger partial charge in [-0.15, -0.1) is 10.2 Å². The molecule has 4 heterocycles. The van der Waals surface area contributed by atoms with E-state index in [0.29, 0.717) is 24.7 Å². The van der Waals surface area contributed by atoms with Gasteiger partial charge in [0.2, 0.25) is 5.91 Å². The van der Waals surface area contributed by atoms with Crippen molar-refractivity contribution in [3.63, 3.8) is 0 Å². The number of carbonyl (C=O) groups excluding carboxylic acids is 1. The third-order valence-electron chi connectivity index (χ3n) is 4.85. The summed E-state index contributed by atoms with van der Waals surface area (Å²) in [5.41, 5.74) is 2.42. The summed E-state index contributed by atoms with van der Waals surface area (Å²) in [5.74, 6) is 1.16. The standard InChI is InChI=1S/C16H17N7O/c1-2-10-8-22(14(24)3-5-17)9-11(10)16-21-20-13-7-19-15-12(23(13)16)4-6-18-15/h4,6-7,10-11,18H,2-3,8-9H2,1H3/t10-,11+/m0/s1. The van der Waals surface area contributed by atoms with E-state index in [2.05, 4.69) is 27.1 Å². The summed E-state index contributed by atoms with van der Waals surface area (Å²) in [5, 5.41) is 17.4. The van der Waals surface area contributed by atoms with E-state index in [1.165, 1.54) is 0 Å². The molecule has 4 rings (SSSR count). The lowest BCUT2D eigenvalue weighted by molar-refractivity contribution is -0.129. The van der Waals surface area contributed by atoms with Crippen LogP contribution < -0.4 is 0 Å². The molecule has 0 unspecified atom stereocenters. The third-order valence-corrected chi connectivity index (χ3v) is 4.85. The number of H-pyrrole nitrogens is 1. The van der Waals surface area contributed by atoms with Gasteiger partial charge >= 0.3 is 0 Å². The molecule has 8 nitrogen and oxygen atoms in total. The molecule has 0 spiro atoms. The minimum atomic E-state index is -0.110. The number of carbonyl (C=O) groups is 1. The first-order valence-corrected chi connectivity index (χ1v) is 8.04. The summed E-state index contributed by atoms with van der Waals surface area (Å²) < 4.78 is 2.02. The smallest absolute Gasteiger partial charge is 0.236 e. The van der Waals surface area contributed by atoms with E-state index in [0.717, 1.165) is 23.4 Å². The molecule has 122 valence electrons. The van der Waals surface area contributed by atoms with Gasteiger partial charge in [-0.25, -0.2) is 4.98 Å². The molecule has 3 aromatic heterocycles. The van der Waals surface area contributed by atoms with Gasteiger partial charge in [0.05, 0.1) is 17.8 Å². The van der Waals surface area contributed by atoms with E-state index < -0.39 is 0 Å². The predicted octanol–water partition coefficient (Wildman–Crippen LogP) is 1.47. The van der Waals surface area contributed by atoms with Crippen LogP contribution in [0.4, 0.5) is 0 Å². The second-order valence-electron chi connectivity index (χ2n) is 6.13. The van der Waals surface area contributed by atoms with Crippen molar-refractivity contribution < 1.29 is 4.79 Å². The number of hydrogen-bond acceptors (Lipinski definition) is 5. The molecule has 1 N–H and O–H groups in total. The normalized spacial score (nSPS) is 20.8. The Kier molecular flexibility index (Phi) is 3.41. The van der Waals surface area contributed by atoms with Crippen LogP contribution in [0.15, 0.2) is 18.5 Å². The Labute approximate surface area is 138 Å². The second-order valence-corrected chi connectivity index (χ2v) is 6.13. The van der Waals surface area contributed by atoms with Gasteiger partial charge in [-0.3, -0.25) is 9.20 Å². The average molecular weight is 323 g/mol. The number of fused-ring (bicyclic) bond motifs is 3. The Morgan fingerprint density at radius 2 is 2.33 bits per heavy atom. The van der Waals surface area contributed by atoms with Crippen molar-refractivity contribution in [3.05, 3.63) is 24.3 Å². The largest absolute Gasteiger partial charge is 0.345 e. The monoisotopic (exact) mass is 323 g/mol. The topological polar surface area (TPSA) is 103 Å². The van der Waals surface area contributed by atoms with Crippen LogP contribution in [0.25, 0.3) is 16.8 Å². The van der Waals surface area contributed by atoms with Gasteiger partial charge in [-0.2, -0.15) is 5.26 Å². The predicted molar refractivity (Wildman–Crippen MR) is 86.0 cm³/mol. The number of hydrogen-bond donors (Lipinski definition) is 1. The number of likely N-dealkylation sites (tertiary alicyclic amines) is 1. The minimum Gasteiger partial charge on any atom is -0.345 e. The second kappa shape index (κ2) is 5.60. The van der Waals surface area contributed by atoms with Gasteiger partial charge in [0.25, 0.3) is 0 Å². The average Bonchev–Trinajstić information content (AvgIpc) is 3.30. The van der Waals surface area contributed by atoms with Crippen LogP contribution in [0.3, 0.4) is 0 Å². The summed E-state index contributed by atoms with van der Waals surface area (Å²) in [6.45, 7) is 3.36. The molecule has 1 aliphatic rings. The number of aromatic amines is 1. The number of nitrogens with zero attached hydrogens (tertiary/aromatic N) is 6. The highest BCUT2D eigenvalue weighted by molar-refractivity contribution is 5.79. The molecule has 8 heteroatoms. The quantitative estimate of drug-likeness (QED) is 0.786. The molecular weight excluding hydrogens is 306 g/mol. The molecule has 24 heavy (non-hydrogen) atoms. The first-order chi connectivity index (χ1) is 11.7. The zero-order valence-electron chi connectivity index (χ0n) is 13.3. The highest BCUT2D eigenvalue weighted by atomic mass is 16.2. The maximum Gasteiger partial charge on any atom is 0.236 e. The fraction of sp³-hybridized carbons (Fsp3) is 0.438. The van der Waals surface area contributed by atoms with Gasteiger partial charge in [-0.1, -0.05) is 13.3 Å². The zero-order valence-corrected chi connectivity index (χ0v) is 13.3. The molecule has 0 aliphatic carbocycles. The molecule has 0 radical (unpaired) electrons. The van der Waals surface area contributed by atoms with Crippen molar-refractivity contribution in [2.45, 2.75) is 25.7 Å². The van der Waals surface area contributed by atoms with Crippen LogP contribution in [0.5, 0.6) is 0 Å². The number of nitriles is 1. The van der Waals surface area contributed by atoms with E-state index in [1.807, 2.05) is 22.7 Å². The number of amides is 1. The van der Waals surface area contributed by atoms with Gasteiger partial charge in [0.15, 0.2) is 11.3 Å². The third kappa shape index (κ3) is 2.12. The molecule has 1 saturated heterocycles. The highest BCUT2D eigenvalue weighted by Crippen LogP contribution is 2.35. The lowest BCUT2D eigenvalue weighted by atomic mass is 9.93. The summed E-state index contributed by atoms with van der Waals surface area (Å²) in [4.78, 5) is 21.3. The van der Waals surface area contributed by atoms with Crippen LogP contribution in [0.2, 0.25) is 0 Å². The van der Waals surface area contributed by atoms with Crippen LogP contribution in [0, 0.1) is 17.2 Å². The maximum absolute atomic E-state index is 12.1. The Balaban J connectivity index is 1.77. The minimum absolute atomic E-state index is 0.0737. The fourth-order valence-electron chi connectivity index (χ4n) is 3.60. The molecule has 1 fully saturated rings. The SMILES string of the molecule is CC[C@H]1CN(C(=O)CC#N)C[C@H]1c1nnc2cnc3[nH]ccc3n12. The maximum atomic E-state index is 12.1. The number of nitrogens with one attached hydrogen (secondary N) is 1. The van der Waals surface area contributed by atoms with E-state index in [4.69, 9.17) is 5.26 Å². The first-order valence-electron chi connectivity index (χ1n) is 8.04. The number of rotatable bonds is 3. The van der Waals surface area contributed by atoms with Crippen LogP contribution in [0.1, 0.15) is 31.5 Å². The molecular formula is C16H17N7O. The van der Waals surface area contributed by atoms with Crippen LogP contribution in [-0.2, 0) is 4.79 Å². The van der Waals surface area contributed by atoms with Crippen molar-refractivity contribution in [1.82, 2.24) is 29.5 Å².